The number of nitrogens with zero attached hydrogens (tertiary/aromatic N) is 3. The summed E-state index contributed by atoms with van der Waals surface area (Å²) in [6.45, 7) is 18.2. The zero-order valence-corrected chi connectivity index (χ0v) is 43.5. The molecule has 1 aliphatic heterocycles. The number of hydrogen-bond acceptors (Lipinski definition) is 3. The van der Waals surface area contributed by atoms with Gasteiger partial charge >= 0.3 is 0 Å². The van der Waals surface area contributed by atoms with Gasteiger partial charge in [-0.05, 0) is 116 Å². The van der Waals surface area contributed by atoms with Crippen LogP contribution in [0.2, 0.25) is 0 Å². The van der Waals surface area contributed by atoms with Crippen molar-refractivity contribution in [3.05, 3.63) is 210 Å². The topological polar surface area (TPSA) is 50.5 Å². The second-order valence-corrected chi connectivity index (χ2v) is 20.2. The summed E-state index contributed by atoms with van der Waals surface area (Å²) >= 11 is 0. The van der Waals surface area contributed by atoms with Gasteiger partial charge in [0.15, 0.2) is 0 Å². The zero-order chi connectivity index (χ0) is 56.8. The molecule has 0 saturated heterocycles. The number of anilines is 2. The van der Waals surface area contributed by atoms with E-state index in [2.05, 4.69) is 69.9 Å². The minimum Gasteiger partial charge on any atom is -0.665 e. The number of para-hydroxylation sites is 1. The van der Waals surface area contributed by atoms with Crippen molar-refractivity contribution < 1.29 is 41.3 Å². The molecule has 4 nitrogen and oxygen atoms in total. The van der Waals surface area contributed by atoms with Gasteiger partial charge in [0.1, 0.15) is 5.75 Å². The Hall–Kier alpha value is -6.22. The first kappa shape index (κ1) is 37.6. The van der Waals surface area contributed by atoms with Gasteiger partial charge in [0, 0.05) is 54.0 Å². The Kier molecular flexibility index (Phi) is 10.9. The van der Waals surface area contributed by atoms with Gasteiger partial charge in [-0.15, -0.1) is 35.0 Å². The van der Waals surface area contributed by atoms with Crippen molar-refractivity contribution in [1.29, 1.82) is 0 Å². The van der Waals surface area contributed by atoms with Crippen LogP contribution in [0.25, 0.3) is 61.1 Å². The van der Waals surface area contributed by atoms with E-state index in [1.54, 1.807) is 12.1 Å². The van der Waals surface area contributed by atoms with E-state index < -0.39 is 66.9 Å². The minimum atomic E-state index is -2.57. The summed E-state index contributed by atoms with van der Waals surface area (Å²) < 4.78 is 97.2. The van der Waals surface area contributed by atoms with Crippen LogP contribution in [0.1, 0.15) is 136 Å². The van der Waals surface area contributed by atoms with E-state index >= 15 is 0 Å². The number of pyridine rings is 1. The molecule has 7 aromatic carbocycles. The molecule has 5 heteroatoms. The number of phenolic OH excluding ortho intramolecular Hbond substituents is 1. The van der Waals surface area contributed by atoms with E-state index in [-0.39, 0.29) is 79.4 Å². The molecule has 0 amide bonds. The van der Waals surface area contributed by atoms with Gasteiger partial charge in [0.05, 0.1) is 11.0 Å². The number of aromatic hydroxyl groups is 1. The first-order valence-electron chi connectivity index (χ1n) is 28.5. The van der Waals surface area contributed by atoms with Crippen molar-refractivity contribution in [2.24, 2.45) is 0 Å². The maximum atomic E-state index is 12.6. The fourth-order valence-electron chi connectivity index (χ4n) is 8.78. The summed E-state index contributed by atoms with van der Waals surface area (Å²) in [6.07, 6.45) is -1.50. The second-order valence-electron chi connectivity index (χ2n) is 20.2. The quantitative estimate of drug-likeness (QED) is 0.147. The van der Waals surface area contributed by atoms with Crippen molar-refractivity contribution in [1.82, 2.24) is 4.98 Å². The van der Waals surface area contributed by atoms with E-state index in [4.69, 9.17) is 19.0 Å². The SMILES string of the molecule is [2H]c1nc(-c2[c-]c(-c3cccc4c3[N-]C(c3cc(C(C)C)cc(C(C)C)c3O)N4c3cc(C([2H])([2H])[2H])c(-c4ccccc4)cc3-c3ccc(C(C)(C)C)cc3)cc(C(C)(C)C)c2)c([2H])c(-c2c([2H])c([2H])c([2H])c([2H])c2[2H])c1[2H].[CH3-].[Pt]. The van der Waals surface area contributed by atoms with Crippen LogP contribution >= 0.6 is 0 Å². The molecule has 69 heavy (non-hydrogen) atoms. The number of aryl methyl sites for hydroxylation is 1. The van der Waals surface area contributed by atoms with Gasteiger partial charge in [0.25, 0.3) is 0 Å². The second kappa shape index (κ2) is 20.0. The molecule has 0 bridgehead atoms. The summed E-state index contributed by atoms with van der Waals surface area (Å²) in [4.78, 5) is 6.49. The molecule has 1 aromatic heterocycles. The number of hydrogen-bond donors (Lipinski definition) is 1. The summed E-state index contributed by atoms with van der Waals surface area (Å²) in [5, 5.41) is 18.2. The van der Waals surface area contributed by atoms with E-state index in [0.29, 0.717) is 39.3 Å². The predicted molar refractivity (Wildman–Crippen MR) is 289 cm³/mol. The van der Waals surface area contributed by atoms with E-state index in [9.17, 15) is 6.48 Å². The molecule has 0 aliphatic carbocycles. The Morgan fingerprint density at radius 1 is 0.667 bits per heavy atom. The number of aromatic nitrogens is 1. The van der Waals surface area contributed by atoms with Crippen LogP contribution in [0.3, 0.4) is 0 Å². The molecule has 0 spiro atoms. The number of fused-ring (bicyclic) bond motifs is 1. The molecule has 2 heterocycles. The van der Waals surface area contributed by atoms with Gasteiger partial charge in [-0.3, -0.25) is 4.98 Å². The third kappa shape index (κ3) is 10.1. The average molecular weight is 1100 g/mol. The molecule has 0 fully saturated rings. The Morgan fingerprint density at radius 3 is 2.00 bits per heavy atom. The van der Waals surface area contributed by atoms with Gasteiger partial charge in [-0.25, -0.2) is 0 Å². The Morgan fingerprint density at radius 2 is 1.35 bits per heavy atom. The summed E-state index contributed by atoms with van der Waals surface area (Å²) in [7, 11) is 0. The third-order valence-electron chi connectivity index (χ3n) is 12.7. The third-order valence-corrected chi connectivity index (χ3v) is 12.7. The monoisotopic (exact) mass is 1100 g/mol. The van der Waals surface area contributed by atoms with Crippen molar-refractivity contribution in [2.45, 2.75) is 105 Å². The molecule has 1 atom stereocenters. The van der Waals surface area contributed by atoms with Crippen LogP contribution in [0.5, 0.6) is 5.75 Å². The average Bonchev–Trinajstić information content (AvgIpc) is 3.85. The van der Waals surface area contributed by atoms with Gasteiger partial charge in [-0.1, -0.05) is 195 Å². The largest absolute Gasteiger partial charge is 0.665 e. The van der Waals surface area contributed by atoms with Crippen molar-refractivity contribution in [3.63, 3.8) is 0 Å². The van der Waals surface area contributed by atoms with Crippen LogP contribution in [-0.2, 0) is 31.9 Å². The maximum absolute atomic E-state index is 12.6. The summed E-state index contributed by atoms with van der Waals surface area (Å²) in [5.74, 6) is 0.0709. The number of phenols is 1. The molecule has 1 unspecified atom stereocenters. The zero-order valence-electron chi connectivity index (χ0n) is 52.2. The molecule has 1 aliphatic rings. The van der Waals surface area contributed by atoms with Crippen LogP contribution in [-0.4, -0.2) is 10.1 Å². The summed E-state index contributed by atoms with van der Waals surface area (Å²) in [5.41, 5.74) is 8.76. The minimum absolute atomic E-state index is 0. The van der Waals surface area contributed by atoms with Crippen molar-refractivity contribution in [3.8, 4) is 61.5 Å². The smallest absolute Gasteiger partial charge is 0.122 e. The van der Waals surface area contributed by atoms with Crippen LogP contribution in [0.15, 0.2) is 158 Å². The normalized spacial score (nSPS) is 15.9. The molecular formula is C64H66N3OPt-3. The Balaban J connectivity index is 0.00000462. The van der Waals surface area contributed by atoms with E-state index in [1.807, 2.05) is 112 Å². The number of rotatable bonds is 9. The molecule has 8 aromatic rings. The molecule has 1 N–H and O–H groups in total. The molecule has 0 saturated carbocycles. The fourth-order valence-corrected chi connectivity index (χ4v) is 8.78. The standard InChI is InChI=1S/C63H63N3O.CH3.Pt/c1-39(2)46-35-52(40(3)4)60(67)55(36-46)61-65-59-51(47-32-48(34-50(33-47)63(9,10)11)56-37-45(29-30-64-56)42-19-14-12-15-20-42)23-18-24-57(59)66(61)58-31-41(5)53(43-21-16-13-17-22-43)38-54(58)44-25-27-49(28-26-44)62(6,7)8;;/h12-31,33-40,61,67H,1-11H3;1H3;/q-2;-1;/i5D3,12D,14D,15D,19D,20D,29D,30D,37D;;. The summed E-state index contributed by atoms with van der Waals surface area (Å²) in [6, 6.07) is 34.5. The first-order chi connectivity index (χ1) is 36.5. The van der Waals surface area contributed by atoms with E-state index in [0.717, 1.165) is 38.9 Å². The van der Waals surface area contributed by atoms with Crippen LogP contribution in [0.4, 0.5) is 17.1 Å². The molecule has 9 rings (SSSR count). The predicted octanol–water partition coefficient (Wildman–Crippen LogP) is 18.4. The van der Waals surface area contributed by atoms with Crippen molar-refractivity contribution >= 4 is 17.1 Å². The maximum Gasteiger partial charge on any atom is 0.122 e. The molecule has 0 radical (unpaired) electrons. The first-order valence-corrected chi connectivity index (χ1v) is 23.0. The van der Waals surface area contributed by atoms with Gasteiger partial charge in [0.2, 0.25) is 0 Å². The molecule has 356 valence electrons. The van der Waals surface area contributed by atoms with Gasteiger partial charge in [-0.2, -0.15) is 0 Å². The Labute approximate surface area is 442 Å². The Bertz CT molecular complexity index is 3650. The van der Waals surface area contributed by atoms with Gasteiger partial charge < -0.3 is 22.7 Å². The molecular weight excluding hydrogens is 1020 g/mol. The van der Waals surface area contributed by atoms with Crippen LogP contribution in [0, 0.1) is 20.3 Å². The van der Waals surface area contributed by atoms with Crippen LogP contribution < -0.4 is 4.90 Å². The fraction of sp³-hybridized carbons (Fsp3) is 0.250. The van der Waals surface area contributed by atoms with Crippen molar-refractivity contribution in [2.75, 3.05) is 4.90 Å². The number of benzene rings is 7. The van der Waals surface area contributed by atoms with E-state index in [1.165, 1.54) is 0 Å².